The van der Waals surface area contributed by atoms with E-state index in [9.17, 15) is 4.79 Å². The first-order valence-corrected chi connectivity index (χ1v) is 9.66. The number of halogens is 1. The minimum atomic E-state index is -0.124. The van der Waals surface area contributed by atoms with Gasteiger partial charge in [-0.2, -0.15) is 0 Å². The Morgan fingerprint density at radius 2 is 1.93 bits per heavy atom. The third-order valence-corrected chi connectivity index (χ3v) is 5.10. The summed E-state index contributed by atoms with van der Waals surface area (Å²) in [4.78, 5) is 12.0. The lowest BCUT2D eigenvalue weighted by molar-refractivity contribution is -0.123. The van der Waals surface area contributed by atoms with Crippen molar-refractivity contribution < 1.29 is 14.3 Å². The molecule has 0 spiro atoms. The molecule has 3 aromatic rings. The quantitative estimate of drug-likeness (QED) is 0.528. The minimum absolute atomic E-state index is 0.00387. The van der Waals surface area contributed by atoms with Crippen LogP contribution in [0.2, 0.25) is 0 Å². The summed E-state index contributed by atoms with van der Waals surface area (Å²) in [7, 11) is 1.66. The van der Waals surface area contributed by atoms with E-state index < -0.39 is 0 Å². The van der Waals surface area contributed by atoms with Crippen LogP contribution < -0.4 is 14.8 Å². The monoisotopic (exact) mass is 427 g/mol. The molecule has 0 aliphatic carbocycles. The summed E-state index contributed by atoms with van der Waals surface area (Å²) in [5, 5.41) is 5.09. The predicted molar refractivity (Wildman–Crippen MR) is 111 cm³/mol. The molecule has 0 heterocycles. The number of fused-ring (bicyclic) bond motifs is 1. The number of benzene rings is 3. The summed E-state index contributed by atoms with van der Waals surface area (Å²) in [6, 6.07) is 19.9. The first-order chi connectivity index (χ1) is 13.2. The lowest BCUT2D eigenvalue weighted by atomic mass is 10.1. The lowest BCUT2D eigenvalue weighted by Gasteiger charge is -2.11. The molecule has 0 radical (unpaired) electrons. The van der Waals surface area contributed by atoms with Crippen LogP contribution >= 0.6 is 15.9 Å². The van der Waals surface area contributed by atoms with Crippen LogP contribution in [0.5, 0.6) is 11.5 Å². The third kappa shape index (κ3) is 5.23. The number of hydrogen-bond donors (Lipinski definition) is 1. The van der Waals surface area contributed by atoms with Crippen molar-refractivity contribution in [1.29, 1.82) is 0 Å². The molecule has 3 aromatic carbocycles. The Labute approximate surface area is 167 Å². The lowest BCUT2D eigenvalue weighted by Crippen LogP contribution is -2.30. The Balaban J connectivity index is 1.44. The van der Waals surface area contributed by atoms with E-state index in [2.05, 4.69) is 27.3 Å². The second-order valence-electron chi connectivity index (χ2n) is 6.19. The number of aryl methyl sites for hydroxylation is 1. The number of carbonyl (C=O) groups is 1. The SMILES string of the molecule is COc1cccc(CCCNC(=O)COc2ccc3ccccc3c2Br)c1. The zero-order chi connectivity index (χ0) is 19.1. The maximum Gasteiger partial charge on any atom is 0.257 e. The van der Waals surface area contributed by atoms with Crippen LogP contribution in [0.15, 0.2) is 65.1 Å². The highest BCUT2D eigenvalue weighted by atomic mass is 79.9. The molecule has 1 amide bonds. The maximum atomic E-state index is 12.0. The fourth-order valence-corrected chi connectivity index (χ4v) is 3.48. The normalized spacial score (nSPS) is 10.6. The van der Waals surface area contributed by atoms with Crippen molar-refractivity contribution in [1.82, 2.24) is 5.32 Å². The molecule has 0 aromatic heterocycles. The van der Waals surface area contributed by atoms with Gasteiger partial charge in [-0.3, -0.25) is 4.79 Å². The number of methoxy groups -OCH3 is 1. The fourth-order valence-electron chi connectivity index (χ4n) is 2.87. The first-order valence-electron chi connectivity index (χ1n) is 8.87. The van der Waals surface area contributed by atoms with E-state index in [4.69, 9.17) is 9.47 Å². The molecule has 4 nitrogen and oxygen atoms in total. The van der Waals surface area contributed by atoms with Crippen LogP contribution in [0.25, 0.3) is 10.8 Å². The van der Waals surface area contributed by atoms with Crippen molar-refractivity contribution in [3.63, 3.8) is 0 Å². The van der Waals surface area contributed by atoms with Crippen molar-refractivity contribution in [2.24, 2.45) is 0 Å². The van der Waals surface area contributed by atoms with E-state index in [1.807, 2.05) is 54.6 Å². The fraction of sp³-hybridized carbons (Fsp3) is 0.227. The molecule has 0 fully saturated rings. The largest absolute Gasteiger partial charge is 0.497 e. The van der Waals surface area contributed by atoms with Crippen molar-refractivity contribution >= 4 is 32.6 Å². The first kappa shape index (κ1) is 19.2. The van der Waals surface area contributed by atoms with E-state index in [1.54, 1.807) is 7.11 Å². The number of hydrogen-bond acceptors (Lipinski definition) is 3. The van der Waals surface area contributed by atoms with Crippen LogP contribution in [-0.2, 0) is 11.2 Å². The topological polar surface area (TPSA) is 47.6 Å². The molecule has 27 heavy (non-hydrogen) atoms. The van der Waals surface area contributed by atoms with Crippen molar-refractivity contribution in [3.05, 3.63) is 70.7 Å². The van der Waals surface area contributed by atoms with Crippen LogP contribution in [0.1, 0.15) is 12.0 Å². The minimum Gasteiger partial charge on any atom is -0.497 e. The van der Waals surface area contributed by atoms with E-state index in [0.717, 1.165) is 33.8 Å². The zero-order valence-corrected chi connectivity index (χ0v) is 16.8. The molecule has 0 unspecified atom stereocenters. The second kappa shape index (κ2) is 9.42. The number of nitrogens with one attached hydrogen (secondary N) is 1. The molecule has 5 heteroatoms. The zero-order valence-electron chi connectivity index (χ0n) is 15.2. The molecule has 0 bridgehead atoms. The van der Waals surface area contributed by atoms with Gasteiger partial charge in [0.15, 0.2) is 6.61 Å². The Kier molecular flexibility index (Phi) is 6.71. The molecular formula is C22H22BrNO3. The summed E-state index contributed by atoms with van der Waals surface area (Å²) in [5.41, 5.74) is 1.19. The van der Waals surface area contributed by atoms with Gasteiger partial charge in [-0.05, 0) is 63.3 Å². The standard InChI is InChI=1S/C22H22BrNO3/c1-26-18-9-4-6-16(14-18)7-5-13-24-21(25)15-27-20-12-11-17-8-2-3-10-19(17)22(20)23/h2-4,6,8-12,14H,5,7,13,15H2,1H3,(H,24,25). The number of amides is 1. The molecule has 0 saturated heterocycles. The van der Waals surface area contributed by atoms with Crippen LogP contribution in [0.4, 0.5) is 0 Å². The van der Waals surface area contributed by atoms with E-state index in [1.165, 1.54) is 5.56 Å². The Hall–Kier alpha value is -2.53. The smallest absolute Gasteiger partial charge is 0.257 e. The predicted octanol–water partition coefficient (Wildman–Crippen LogP) is 4.74. The average molecular weight is 428 g/mol. The molecule has 3 rings (SSSR count). The number of rotatable bonds is 8. The Bertz CT molecular complexity index is 926. The van der Waals surface area contributed by atoms with E-state index in [0.29, 0.717) is 12.3 Å². The van der Waals surface area contributed by atoms with E-state index >= 15 is 0 Å². The second-order valence-corrected chi connectivity index (χ2v) is 6.99. The van der Waals surface area contributed by atoms with Crippen LogP contribution in [0, 0.1) is 0 Å². The third-order valence-electron chi connectivity index (χ3n) is 4.29. The Morgan fingerprint density at radius 3 is 2.78 bits per heavy atom. The average Bonchev–Trinajstić information content (AvgIpc) is 2.71. The van der Waals surface area contributed by atoms with Gasteiger partial charge < -0.3 is 14.8 Å². The van der Waals surface area contributed by atoms with Gasteiger partial charge in [-0.15, -0.1) is 0 Å². The summed E-state index contributed by atoms with van der Waals surface area (Å²) in [6.07, 6.45) is 1.74. The summed E-state index contributed by atoms with van der Waals surface area (Å²) >= 11 is 3.57. The molecule has 140 valence electrons. The highest BCUT2D eigenvalue weighted by Gasteiger charge is 2.08. The van der Waals surface area contributed by atoms with Gasteiger partial charge in [0.2, 0.25) is 0 Å². The van der Waals surface area contributed by atoms with E-state index in [-0.39, 0.29) is 12.5 Å². The molecular weight excluding hydrogens is 406 g/mol. The van der Waals surface area contributed by atoms with Gasteiger partial charge in [-0.1, -0.05) is 42.5 Å². The van der Waals surface area contributed by atoms with Crippen molar-refractivity contribution in [2.45, 2.75) is 12.8 Å². The van der Waals surface area contributed by atoms with Crippen LogP contribution in [0.3, 0.4) is 0 Å². The van der Waals surface area contributed by atoms with Gasteiger partial charge in [0.05, 0.1) is 11.6 Å². The molecule has 1 N–H and O–H groups in total. The van der Waals surface area contributed by atoms with Crippen molar-refractivity contribution in [2.75, 3.05) is 20.3 Å². The van der Waals surface area contributed by atoms with Gasteiger partial charge in [0.1, 0.15) is 11.5 Å². The van der Waals surface area contributed by atoms with Gasteiger partial charge in [0, 0.05) is 6.54 Å². The summed E-state index contributed by atoms with van der Waals surface area (Å²) < 4.78 is 11.8. The molecule has 0 atom stereocenters. The highest BCUT2D eigenvalue weighted by molar-refractivity contribution is 9.10. The number of ether oxygens (including phenoxy) is 2. The molecule has 0 aliphatic heterocycles. The van der Waals surface area contributed by atoms with Crippen LogP contribution in [-0.4, -0.2) is 26.2 Å². The van der Waals surface area contributed by atoms with Crippen molar-refractivity contribution in [3.8, 4) is 11.5 Å². The summed E-state index contributed by atoms with van der Waals surface area (Å²) in [6.45, 7) is 0.606. The maximum absolute atomic E-state index is 12.0. The molecule has 0 saturated carbocycles. The highest BCUT2D eigenvalue weighted by Crippen LogP contribution is 2.32. The Morgan fingerprint density at radius 1 is 1.07 bits per heavy atom. The number of carbonyl (C=O) groups excluding carboxylic acids is 1. The van der Waals surface area contributed by atoms with Gasteiger partial charge in [0.25, 0.3) is 5.91 Å². The van der Waals surface area contributed by atoms with Gasteiger partial charge in [-0.25, -0.2) is 0 Å². The molecule has 0 aliphatic rings. The van der Waals surface area contributed by atoms with Gasteiger partial charge >= 0.3 is 0 Å². The summed E-state index contributed by atoms with van der Waals surface area (Å²) in [5.74, 6) is 1.40.